The molecule has 2 aromatic carbocycles. The number of H-pyrrole nitrogens is 1. The van der Waals surface area contributed by atoms with Gasteiger partial charge >= 0.3 is 0 Å². The molecule has 4 aromatic rings. The molecule has 154 valence electrons. The number of ether oxygens (including phenoxy) is 1. The second-order valence-corrected chi connectivity index (χ2v) is 7.77. The molecular weight excluding hydrogens is 379 g/mol. The van der Waals surface area contributed by atoms with Crippen molar-refractivity contribution in [1.82, 2.24) is 19.7 Å². The van der Waals surface area contributed by atoms with E-state index in [-0.39, 0.29) is 17.6 Å². The number of aryl methyl sites for hydroxylation is 1. The number of hydrogen-bond acceptors (Lipinski definition) is 3. The van der Waals surface area contributed by atoms with Gasteiger partial charge in [-0.3, -0.25) is 9.58 Å². The lowest BCUT2D eigenvalue weighted by Crippen LogP contribution is -2.37. The van der Waals surface area contributed by atoms with Crippen molar-refractivity contribution < 1.29 is 9.13 Å². The molecule has 1 aliphatic heterocycles. The lowest BCUT2D eigenvalue weighted by Gasteiger charge is -2.36. The van der Waals surface area contributed by atoms with Crippen molar-refractivity contribution in [2.45, 2.75) is 25.4 Å². The predicted molar refractivity (Wildman–Crippen MR) is 115 cm³/mol. The Morgan fingerprint density at radius 2 is 2.07 bits per heavy atom. The number of aromatic amines is 1. The predicted octanol–water partition coefficient (Wildman–Crippen LogP) is 4.55. The van der Waals surface area contributed by atoms with Gasteiger partial charge in [-0.1, -0.05) is 24.3 Å². The molecule has 1 atom stereocenters. The summed E-state index contributed by atoms with van der Waals surface area (Å²) >= 11 is 0. The van der Waals surface area contributed by atoms with Crippen molar-refractivity contribution in [2.75, 3.05) is 20.2 Å². The lowest BCUT2D eigenvalue weighted by molar-refractivity contribution is 0.203. The standard InChI is InChI=1S/C24H25FN4O/c1-30-22-16-17(8-9-20(22)25)24-23-19(18-6-2-3-7-21(18)27-23)10-15-28(24)12-5-14-29-13-4-11-26-29/h2-4,6-9,11,13,16,24,27H,5,10,12,14-15H2,1H3. The fourth-order valence-corrected chi connectivity index (χ4v) is 4.62. The maximum atomic E-state index is 14.1. The van der Waals surface area contributed by atoms with Gasteiger partial charge in [0.2, 0.25) is 0 Å². The van der Waals surface area contributed by atoms with Crippen LogP contribution >= 0.6 is 0 Å². The molecule has 1 unspecified atom stereocenters. The van der Waals surface area contributed by atoms with Gasteiger partial charge in [0.05, 0.1) is 13.2 Å². The number of hydrogen-bond donors (Lipinski definition) is 1. The summed E-state index contributed by atoms with van der Waals surface area (Å²) in [6.07, 6.45) is 5.79. The Hall–Kier alpha value is -3.12. The molecule has 6 heteroatoms. The van der Waals surface area contributed by atoms with Crippen LogP contribution in [0.1, 0.15) is 29.3 Å². The first kappa shape index (κ1) is 18.9. The molecule has 5 rings (SSSR count). The zero-order valence-electron chi connectivity index (χ0n) is 17.0. The Morgan fingerprint density at radius 1 is 1.17 bits per heavy atom. The molecule has 0 spiro atoms. The number of halogens is 1. The lowest BCUT2D eigenvalue weighted by atomic mass is 9.92. The van der Waals surface area contributed by atoms with E-state index in [9.17, 15) is 4.39 Å². The van der Waals surface area contributed by atoms with E-state index in [4.69, 9.17) is 4.74 Å². The summed E-state index contributed by atoms with van der Waals surface area (Å²) in [6, 6.07) is 15.7. The fourth-order valence-electron chi connectivity index (χ4n) is 4.62. The number of aromatic nitrogens is 3. The first-order chi connectivity index (χ1) is 14.7. The Balaban J connectivity index is 1.51. The summed E-state index contributed by atoms with van der Waals surface area (Å²) in [5, 5.41) is 5.59. The Morgan fingerprint density at radius 3 is 2.90 bits per heavy atom. The van der Waals surface area contributed by atoms with Crippen LogP contribution in [0.25, 0.3) is 10.9 Å². The van der Waals surface area contributed by atoms with Crippen molar-refractivity contribution in [3.05, 3.63) is 83.6 Å². The van der Waals surface area contributed by atoms with E-state index >= 15 is 0 Å². The zero-order valence-corrected chi connectivity index (χ0v) is 17.0. The molecule has 1 N–H and O–H groups in total. The number of para-hydroxylation sites is 1. The Kier molecular flexibility index (Phi) is 5.01. The van der Waals surface area contributed by atoms with E-state index < -0.39 is 0 Å². The number of fused-ring (bicyclic) bond motifs is 3. The molecule has 0 radical (unpaired) electrons. The molecule has 0 bridgehead atoms. The summed E-state index contributed by atoms with van der Waals surface area (Å²) in [5.41, 5.74) is 4.76. The summed E-state index contributed by atoms with van der Waals surface area (Å²) in [7, 11) is 1.51. The van der Waals surface area contributed by atoms with E-state index in [1.54, 1.807) is 0 Å². The molecule has 1 aliphatic rings. The summed E-state index contributed by atoms with van der Waals surface area (Å²) in [4.78, 5) is 6.14. The summed E-state index contributed by atoms with van der Waals surface area (Å²) in [5.74, 6) is -0.0496. The highest BCUT2D eigenvalue weighted by molar-refractivity contribution is 5.85. The topological polar surface area (TPSA) is 46.1 Å². The normalized spacial score (nSPS) is 16.7. The first-order valence-electron chi connectivity index (χ1n) is 10.4. The molecule has 0 amide bonds. The van der Waals surface area contributed by atoms with Crippen LogP contribution in [0, 0.1) is 5.82 Å². The van der Waals surface area contributed by atoms with E-state index in [0.717, 1.165) is 43.6 Å². The van der Waals surface area contributed by atoms with Gasteiger partial charge in [-0.2, -0.15) is 5.10 Å². The SMILES string of the molecule is COc1cc(C2c3[nH]c4ccccc4c3CCN2CCCn2cccn2)ccc1F. The van der Waals surface area contributed by atoms with Gasteiger partial charge in [-0.25, -0.2) is 4.39 Å². The second kappa shape index (κ2) is 7.95. The van der Waals surface area contributed by atoms with Gasteiger partial charge in [-0.05, 0) is 48.2 Å². The quantitative estimate of drug-likeness (QED) is 0.513. The third-order valence-corrected chi connectivity index (χ3v) is 6.02. The number of nitrogens with zero attached hydrogens (tertiary/aromatic N) is 3. The van der Waals surface area contributed by atoms with Crippen LogP contribution in [0.4, 0.5) is 4.39 Å². The molecule has 0 aliphatic carbocycles. The van der Waals surface area contributed by atoms with Crippen LogP contribution in [-0.2, 0) is 13.0 Å². The van der Waals surface area contributed by atoms with Crippen molar-refractivity contribution in [2.24, 2.45) is 0 Å². The Labute approximate surface area is 175 Å². The fraction of sp³-hybridized carbons (Fsp3) is 0.292. The summed E-state index contributed by atoms with van der Waals surface area (Å²) < 4.78 is 21.3. The molecule has 30 heavy (non-hydrogen) atoms. The number of nitrogens with one attached hydrogen (secondary N) is 1. The molecule has 0 saturated carbocycles. The van der Waals surface area contributed by atoms with Gasteiger partial charge in [0.25, 0.3) is 0 Å². The maximum absolute atomic E-state index is 14.1. The minimum Gasteiger partial charge on any atom is -0.494 e. The monoisotopic (exact) mass is 404 g/mol. The minimum atomic E-state index is -0.334. The van der Waals surface area contributed by atoms with Crippen molar-refractivity contribution in [1.29, 1.82) is 0 Å². The first-order valence-corrected chi connectivity index (χ1v) is 10.4. The molecule has 5 nitrogen and oxygen atoms in total. The van der Waals surface area contributed by atoms with E-state index in [0.29, 0.717) is 0 Å². The minimum absolute atomic E-state index is 0.0354. The van der Waals surface area contributed by atoms with Crippen LogP contribution < -0.4 is 4.74 Å². The van der Waals surface area contributed by atoms with Crippen molar-refractivity contribution in [3.63, 3.8) is 0 Å². The van der Waals surface area contributed by atoms with Gasteiger partial charge in [0.15, 0.2) is 11.6 Å². The molecular formula is C24H25FN4O. The van der Waals surface area contributed by atoms with Gasteiger partial charge in [0, 0.05) is 48.6 Å². The average molecular weight is 404 g/mol. The molecule has 3 heterocycles. The number of benzene rings is 2. The van der Waals surface area contributed by atoms with Crippen LogP contribution in [-0.4, -0.2) is 39.9 Å². The number of rotatable bonds is 6. The highest BCUT2D eigenvalue weighted by atomic mass is 19.1. The third-order valence-electron chi connectivity index (χ3n) is 6.02. The molecule has 0 fully saturated rings. The summed E-state index contributed by atoms with van der Waals surface area (Å²) in [6.45, 7) is 2.76. The highest BCUT2D eigenvalue weighted by Gasteiger charge is 2.31. The largest absolute Gasteiger partial charge is 0.494 e. The van der Waals surface area contributed by atoms with Crippen molar-refractivity contribution >= 4 is 10.9 Å². The highest BCUT2D eigenvalue weighted by Crippen LogP contribution is 2.39. The van der Waals surface area contributed by atoms with Gasteiger partial charge < -0.3 is 9.72 Å². The van der Waals surface area contributed by atoms with E-state index in [2.05, 4.69) is 39.2 Å². The zero-order chi connectivity index (χ0) is 20.5. The van der Waals surface area contributed by atoms with Crippen LogP contribution in [0.3, 0.4) is 0 Å². The van der Waals surface area contributed by atoms with Crippen LogP contribution in [0.15, 0.2) is 60.9 Å². The van der Waals surface area contributed by atoms with Gasteiger partial charge in [-0.15, -0.1) is 0 Å². The van der Waals surface area contributed by atoms with Crippen LogP contribution in [0.5, 0.6) is 5.75 Å². The van der Waals surface area contributed by atoms with Crippen LogP contribution in [0.2, 0.25) is 0 Å². The van der Waals surface area contributed by atoms with E-state index in [1.165, 1.54) is 29.8 Å². The van der Waals surface area contributed by atoms with Gasteiger partial charge in [0.1, 0.15) is 0 Å². The maximum Gasteiger partial charge on any atom is 0.165 e. The smallest absolute Gasteiger partial charge is 0.165 e. The molecule has 0 saturated heterocycles. The Bertz CT molecular complexity index is 1150. The van der Waals surface area contributed by atoms with E-state index in [1.807, 2.05) is 35.3 Å². The second-order valence-electron chi connectivity index (χ2n) is 7.77. The molecule has 2 aromatic heterocycles. The number of methoxy groups -OCH3 is 1. The third kappa shape index (κ3) is 3.37. The average Bonchev–Trinajstić information content (AvgIpc) is 3.41. The van der Waals surface area contributed by atoms with Crippen molar-refractivity contribution in [3.8, 4) is 5.75 Å².